The van der Waals surface area contributed by atoms with Gasteiger partial charge in [0.2, 0.25) is 0 Å². The van der Waals surface area contributed by atoms with Crippen molar-refractivity contribution in [3.05, 3.63) is 15.0 Å². The van der Waals surface area contributed by atoms with Crippen molar-refractivity contribution in [1.82, 2.24) is 4.98 Å². The fraction of sp³-hybridized carbons (Fsp3) is 0.429. The molecule has 0 aromatic carbocycles. The van der Waals surface area contributed by atoms with Crippen molar-refractivity contribution >= 4 is 45.5 Å². The molecule has 13 heavy (non-hydrogen) atoms. The first-order valence-corrected chi connectivity index (χ1v) is 6.42. The lowest BCUT2D eigenvalue weighted by Gasteiger charge is -2.10. The van der Waals surface area contributed by atoms with Crippen LogP contribution in [0, 0.1) is 0 Å². The summed E-state index contributed by atoms with van der Waals surface area (Å²) in [5, 5.41) is 0.117. The largest absolute Gasteiger partial charge is 0.466 e. The summed E-state index contributed by atoms with van der Waals surface area (Å²) in [5.74, 6) is 0. The molecule has 0 fully saturated rings. The molecule has 0 radical (unpaired) electrons. The van der Waals surface area contributed by atoms with Gasteiger partial charge in [-0.05, 0) is 22.2 Å². The molecule has 1 rings (SSSR count). The molecule has 0 aliphatic carbocycles. The van der Waals surface area contributed by atoms with E-state index in [-0.39, 0.29) is 5.25 Å². The Morgan fingerprint density at radius 1 is 1.92 bits per heavy atom. The molecule has 6 heteroatoms. The first-order chi connectivity index (χ1) is 6.29. The van der Waals surface area contributed by atoms with Crippen LogP contribution >= 0.6 is 39.0 Å². The monoisotopic (exact) mass is 281 g/mol. The van der Waals surface area contributed by atoms with Gasteiger partial charge in [-0.15, -0.1) is 11.3 Å². The van der Waals surface area contributed by atoms with Crippen molar-refractivity contribution in [3.8, 4) is 0 Å². The third-order valence-electron chi connectivity index (χ3n) is 1.45. The smallest absolute Gasteiger partial charge is 0.293 e. The van der Waals surface area contributed by atoms with Crippen LogP contribution in [0.5, 0.6) is 0 Å². The average Bonchev–Trinajstić information content (AvgIpc) is 2.54. The zero-order valence-corrected chi connectivity index (χ0v) is 10.1. The van der Waals surface area contributed by atoms with Crippen LogP contribution in [-0.2, 0) is 9.53 Å². The summed E-state index contributed by atoms with van der Waals surface area (Å²) in [4.78, 5) is 14.2. The first-order valence-electron chi connectivity index (χ1n) is 3.46. The minimum absolute atomic E-state index is 0.117. The average molecular weight is 282 g/mol. The number of ether oxygens (including phenoxy) is 1. The second-order valence-corrected chi connectivity index (χ2v) is 5.38. The fourth-order valence-corrected chi connectivity index (χ4v) is 2.88. The van der Waals surface area contributed by atoms with E-state index >= 15 is 0 Å². The summed E-state index contributed by atoms with van der Waals surface area (Å²) in [6.45, 7) is 0.830. The Labute approximate surface area is 93.0 Å². The van der Waals surface area contributed by atoms with Gasteiger partial charge in [-0.2, -0.15) is 11.8 Å². The SMILES string of the molecule is CSC(COC=O)c1ncsc1Br. The van der Waals surface area contributed by atoms with E-state index in [0.717, 1.165) is 9.48 Å². The molecular formula is C7H8BrNO2S2. The summed E-state index contributed by atoms with van der Waals surface area (Å²) in [7, 11) is 0. The maximum atomic E-state index is 10.0. The quantitative estimate of drug-likeness (QED) is 0.778. The second-order valence-electron chi connectivity index (χ2n) is 2.17. The van der Waals surface area contributed by atoms with Crippen LogP contribution in [-0.4, -0.2) is 24.3 Å². The molecule has 72 valence electrons. The van der Waals surface area contributed by atoms with Crippen LogP contribution in [0.2, 0.25) is 0 Å². The van der Waals surface area contributed by atoms with Gasteiger partial charge in [-0.3, -0.25) is 4.79 Å². The minimum Gasteiger partial charge on any atom is -0.466 e. The van der Waals surface area contributed by atoms with E-state index < -0.39 is 0 Å². The molecule has 0 saturated heterocycles. The zero-order valence-electron chi connectivity index (χ0n) is 6.90. The summed E-state index contributed by atoms with van der Waals surface area (Å²) < 4.78 is 5.71. The maximum Gasteiger partial charge on any atom is 0.293 e. The molecule has 0 aliphatic rings. The number of halogens is 1. The van der Waals surface area contributed by atoms with Crippen molar-refractivity contribution in [2.24, 2.45) is 0 Å². The normalized spacial score (nSPS) is 12.5. The molecule has 1 atom stereocenters. The number of carbonyl (C=O) groups is 1. The lowest BCUT2D eigenvalue weighted by atomic mass is 10.3. The molecule has 1 heterocycles. The van der Waals surface area contributed by atoms with Gasteiger partial charge in [0, 0.05) is 0 Å². The van der Waals surface area contributed by atoms with Gasteiger partial charge in [-0.25, -0.2) is 4.98 Å². The molecule has 0 bridgehead atoms. The van der Waals surface area contributed by atoms with Crippen molar-refractivity contribution in [2.75, 3.05) is 12.9 Å². The van der Waals surface area contributed by atoms with Gasteiger partial charge in [-0.1, -0.05) is 0 Å². The number of hydrogen-bond donors (Lipinski definition) is 0. The molecule has 1 unspecified atom stereocenters. The number of aromatic nitrogens is 1. The van der Waals surface area contributed by atoms with E-state index in [9.17, 15) is 4.79 Å². The number of thiazole rings is 1. The summed E-state index contributed by atoms with van der Waals surface area (Å²) >= 11 is 6.54. The van der Waals surface area contributed by atoms with Gasteiger partial charge in [0.1, 0.15) is 6.61 Å². The standard InChI is InChI=1S/C7H8BrNO2S2/c1-12-5(2-11-4-10)6-7(8)13-3-9-6/h3-5H,2H2,1H3. The molecule has 0 N–H and O–H groups in total. The molecular weight excluding hydrogens is 274 g/mol. The molecule has 1 aromatic rings. The molecule has 0 saturated carbocycles. The molecule has 0 spiro atoms. The van der Waals surface area contributed by atoms with E-state index in [1.807, 2.05) is 6.26 Å². The highest BCUT2D eigenvalue weighted by Crippen LogP contribution is 2.33. The predicted molar refractivity (Wildman–Crippen MR) is 58.1 cm³/mol. The van der Waals surface area contributed by atoms with E-state index in [1.165, 1.54) is 11.3 Å². The van der Waals surface area contributed by atoms with Crippen molar-refractivity contribution in [1.29, 1.82) is 0 Å². The lowest BCUT2D eigenvalue weighted by Crippen LogP contribution is -2.04. The molecule has 0 amide bonds. The van der Waals surface area contributed by atoms with Crippen LogP contribution in [0.4, 0.5) is 0 Å². The van der Waals surface area contributed by atoms with Gasteiger partial charge in [0.15, 0.2) is 0 Å². The van der Waals surface area contributed by atoms with Crippen LogP contribution in [0.3, 0.4) is 0 Å². The zero-order chi connectivity index (χ0) is 9.68. The topological polar surface area (TPSA) is 39.2 Å². The highest BCUT2D eigenvalue weighted by molar-refractivity contribution is 9.11. The van der Waals surface area contributed by atoms with Crippen LogP contribution < -0.4 is 0 Å². The number of nitrogens with zero attached hydrogens (tertiary/aromatic N) is 1. The Kier molecular flexibility index (Phi) is 4.76. The summed E-state index contributed by atoms with van der Waals surface area (Å²) in [6, 6.07) is 0. The van der Waals surface area contributed by atoms with Crippen molar-refractivity contribution < 1.29 is 9.53 Å². The van der Waals surface area contributed by atoms with E-state index in [4.69, 9.17) is 4.74 Å². The first kappa shape index (κ1) is 11.0. The Morgan fingerprint density at radius 3 is 3.15 bits per heavy atom. The van der Waals surface area contributed by atoms with Gasteiger partial charge in [0.25, 0.3) is 6.47 Å². The van der Waals surface area contributed by atoms with Gasteiger partial charge >= 0.3 is 0 Å². The van der Waals surface area contributed by atoms with Crippen LogP contribution in [0.1, 0.15) is 10.9 Å². The highest BCUT2D eigenvalue weighted by atomic mass is 79.9. The van der Waals surface area contributed by atoms with E-state index in [0.29, 0.717) is 13.1 Å². The highest BCUT2D eigenvalue weighted by Gasteiger charge is 2.16. The second kappa shape index (κ2) is 5.62. The van der Waals surface area contributed by atoms with Crippen molar-refractivity contribution in [2.45, 2.75) is 5.25 Å². The summed E-state index contributed by atoms with van der Waals surface area (Å²) in [6.07, 6.45) is 1.96. The summed E-state index contributed by atoms with van der Waals surface area (Å²) in [5.41, 5.74) is 2.71. The minimum atomic E-state index is 0.117. The fourth-order valence-electron chi connectivity index (χ4n) is 0.836. The molecule has 3 nitrogen and oxygen atoms in total. The Morgan fingerprint density at radius 2 is 2.69 bits per heavy atom. The van der Waals surface area contributed by atoms with Crippen LogP contribution in [0.25, 0.3) is 0 Å². The third kappa shape index (κ3) is 2.96. The number of thioether (sulfide) groups is 1. The predicted octanol–water partition coefficient (Wildman–Crippen LogP) is 2.48. The molecule has 0 aliphatic heterocycles. The van der Waals surface area contributed by atoms with E-state index in [1.54, 1.807) is 17.3 Å². The maximum absolute atomic E-state index is 10.0. The Hall–Kier alpha value is -0.0700. The number of hydrogen-bond acceptors (Lipinski definition) is 5. The lowest BCUT2D eigenvalue weighted by molar-refractivity contribution is -0.128. The Bertz CT molecular complexity index is 279. The number of rotatable bonds is 5. The number of carbonyl (C=O) groups excluding carboxylic acids is 1. The van der Waals surface area contributed by atoms with Gasteiger partial charge < -0.3 is 4.74 Å². The molecule has 1 aromatic heterocycles. The third-order valence-corrected chi connectivity index (χ3v) is 3.98. The Balaban J connectivity index is 2.66. The van der Waals surface area contributed by atoms with Crippen LogP contribution in [0.15, 0.2) is 9.30 Å². The van der Waals surface area contributed by atoms with Crippen molar-refractivity contribution in [3.63, 3.8) is 0 Å². The van der Waals surface area contributed by atoms with Gasteiger partial charge in [0.05, 0.1) is 20.2 Å². The van der Waals surface area contributed by atoms with E-state index in [2.05, 4.69) is 20.9 Å².